The lowest BCUT2D eigenvalue weighted by atomic mass is 9.83. The van der Waals surface area contributed by atoms with E-state index in [9.17, 15) is 0 Å². The maximum atomic E-state index is 8.56. The molecule has 4 N–H and O–H groups in total. The van der Waals surface area contributed by atoms with Crippen LogP contribution in [0.4, 0.5) is 0 Å². The Hall–Kier alpha value is -6.31. The van der Waals surface area contributed by atoms with Crippen LogP contribution in [0, 0.1) is 16.7 Å². The summed E-state index contributed by atoms with van der Waals surface area (Å²) in [4.78, 5) is 13.9. The molecule has 2 heterocycles. The highest BCUT2D eigenvalue weighted by Gasteiger charge is 2.26. The molecule has 0 bridgehead atoms. The molecule has 1 aliphatic carbocycles. The molecule has 2 aromatic carbocycles. The molecule has 56 heavy (non-hydrogen) atoms. The maximum Gasteiger partial charge on any atom is 0.145 e. The van der Waals surface area contributed by atoms with E-state index in [-0.39, 0.29) is 23.8 Å². The average molecular weight is 740 g/mol. The van der Waals surface area contributed by atoms with Crippen molar-refractivity contribution in [1.29, 1.82) is 10.8 Å². The summed E-state index contributed by atoms with van der Waals surface area (Å²) in [7, 11) is 0. The van der Waals surface area contributed by atoms with Crippen LogP contribution in [0.25, 0.3) is 28.9 Å². The number of aromatic nitrogens is 2. The molecule has 5 rings (SSSR count). The maximum absolute atomic E-state index is 8.56. The van der Waals surface area contributed by atoms with Crippen molar-refractivity contribution < 1.29 is 0 Å². The topological polar surface area (TPSA) is 110 Å². The molecule has 2 aromatic heterocycles. The average Bonchev–Trinajstić information content (AvgIpc) is 3.22. The van der Waals surface area contributed by atoms with Crippen LogP contribution in [-0.4, -0.2) is 34.3 Å². The van der Waals surface area contributed by atoms with Crippen molar-refractivity contribution in [3.05, 3.63) is 186 Å². The minimum absolute atomic E-state index is 0.0103. The first-order chi connectivity index (χ1) is 27.2. The van der Waals surface area contributed by atoms with E-state index >= 15 is 0 Å². The first-order valence-electron chi connectivity index (χ1n) is 19.1. The quantitative estimate of drug-likeness (QED) is 0.0352. The van der Waals surface area contributed by atoms with Crippen LogP contribution in [0.3, 0.4) is 0 Å². The van der Waals surface area contributed by atoms with Gasteiger partial charge in [-0.05, 0) is 115 Å². The van der Waals surface area contributed by atoms with Crippen LogP contribution in [0.2, 0.25) is 0 Å². The van der Waals surface area contributed by atoms with Crippen LogP contribution in [0.5, 0.6) is 0 Å². The third-order valence-electron chi connectivity index (χ3n) is 9.54. The Balaban J connectivity index is 1.34. The van der Waals surface area contributed by atoms with Crippen molar-refractivity contribution in [2.45, 2.75) is 58.3 Å². The van der Waals surface area contributed by atoms with Gasteiger partial charge in [-0.25, -0.2) is 4.98 Å². The second kappa shape index (κ2) is 20.4. The summed E-state index contributed by atoms with van der Waals surface area (Å²) in [6.07, 6.45) is 24.8. The van der Waals surface area contributed by atoms with E-state index in [1.165, 1.54) is 16.7 Å². The summed E-state index contributed by atoms with van der Waals surface area (Å²) in [5.74, 6) is 0.247. The summed E-state index contributed by atoms with van der Waals surface area (Å²) in [6.45, 7) is 18.3. The number of benzene rings is 2. The van der Waals surface area contributed by atoms with E-state index in [0.717, 1.165) is 46.4 Å². The summed E-state index contributed by atoms with van der Waals surface area (Å²) in [6, 6.07) is 25.1. The summed E-state index contributed by atoms with van der Waals surface area (Å²) < 4.78 is 0. The minimum Gasteiger partial charge on any atom is -0.345 e. The molecule has 7 heteroatoms. The zero-order chi connectivity index (χ0) is 39.9. The largest absolute Gasteiger partial charge is 0.345 e. The van der Waals surface area contributed by atoms with Crippen molar-refractivity contribution in [3.8, 4) is 11.1 Å². The molecule has 7 nitrogen and oxygen atoms in total. The Morgan fingerprint density at radius 2 is 1.79 bits per heavy atom. The van der Waals surface area contributed by atoms with Gasteiger partial charge in [-0.3, -0.25) is 15.4 Å². The smallest absolute Gasteiger partial charge is 0.145 e. The van der Waals surface area contributed by atoms with E-state index in [0.29, 0.717) is 17.7 Å². The van der Waals surface area contributed by atoms with Crippen molar-refractivity contribution in [1.82, 2.24) is 20.6 Å². The van der Waals surface area contributed by atoms with Crippen LogP contribution in [0.15, 0.2) is 158 Å². The van der Waals surface area contributed by atoms with Crippen molar-refractivity contribution in [2.24, 2.45) is 10.9 Å². The van der Waals surface area contributed by atoms with Gasteiger partial charge in [-0.2, -0.15) is 0 Å². The van der Waals surface area contributed by atoms with Gasteiger partial charge in [0.05, 0.1) is 11.4 Å². The molecular weight excluding hydrogens is 687 g/mol. The lowest BCUT2D eigenvalue weighted by Gasteiger charge is -2.31. The number of amidine groups is 1. The number of hydrogen-bond acceptors (Lipinski definition) is 6. The summed E-state index contributed by atoms with van der Waals surface area (Å²) in [5.41, 5.74) is 11.0. The van der Waals surface area contributed by atoms with E-state index in [1.807, 2.05) is 42.5 Å². The van der Waals surface area contributed by atoms with Gasteiger partial charge in [-0.15, -0.1) is 6.58 Å². The third kappa shape index (κ3) is 11.4. The van der Waals surface area contributed by atoms with E-state index < -0.39 is 6.17 Å². The Morgan fingerprint density at radius 1 is 1.00 bits per heavy atom. The number of rotatable bonds is 18. The normalized spacial score (nSPS) is 16.2. The Labute approximate surface area is 332 Å². The van der Waals surface area contributed by atoms with Gasteiger partial charge in [0.15, 0.2) is 0 Å². The van der Waals surface area contributed by atoms with Crippen LogP contribution in [0.1, 0.15) is 85.9 Å². The van der Waals surface area contributed by atoms with Crippen LogP contribution >= 0.6 is 0 Å². The molecule has 0 saturated carbocycles. The zero-order valence-electron chi connectivity index (χ0n) is 32.8. The fourth-order valence-electron chi connectivity index (χ4n) is 6.44. The predicted molar refractivity (Wildman–Crippen MR) is 238 cm³/mol. The monoisotopic (exact) mass is 739 g/mol. The molecule has 4 aromatic rings. The highest BCUT2D eigenvalue weighted by atomic mass is 15.1. The molecule has 0 saturated heterocycles. The summed E-state index contributed by atoms with van der Waals surface area (Å²) >= 11 is 0. The molecule has 1 aliphatic rings. The molecule has 4 unspecified atom stereocenters. The second-order valence-corrected chi connectivity index (χ2v) is 14.2. The first-order valence-corrected chi connectivity index (χ1v) is 19.1. The second-order valence-electron chi connectivity index (χ2n) is 14.2. The minimum atomic E-state index is -0.518. The molecule has 0 aliphatic heterocycles. The summed E-state index contributed by atoms with van der Waals surface area (Å²) in [5, 5.41) is 23.6. The lowest BCUT2D eigenvalue weighted by Crippen LogP contribution is -2.36. The molecule has 0 radical (unpaired) electrons. The molecule has 0 spiro atoms. The molecule has 0 amide bonds. The Morgan fingerprint density at radius 3 is 2.54 bits per heavy atom. The van der Waals surface area contributed by atoms with Gasteiger partial charge < -0.3 is 16.0 Å². The number of allylic oxidation sites excluding steroid dienone is 6. The standard InChI is InChI=1S/C49H53N7/c1-7-9-13-35(5)48(51)56-49(39-26-28-52-29-27-39)53-33-44-16-11-17-46(55-44)38(12-8-2)21-20-37-14-10-15-40(30-37)41-24-25-45-42(31-41)22-23-43(32-50)47(45)54-36(6)19-18-34(3)4/h7-8,10-12,14-18,20-33,36,43,47,49-50,54H,1-2,5,9,13,19H2,3-4,6H3,(H2,51,56)/b21-20+,38-12+,50-32?,53-33+. The van der Waals surface area contributed by atoms with E-state index in [2.05, 4.69) is 129 Å². The van der Waals surface area contributed by atoms with Gasteiger partial charge in [-0.1, -0.05) is 104 Å². The van der Waals surface area contributed by atoms with Crippen molar-refractivity contribution in [2.75, 3.05) is 0 Å². The fraction of sp³-hybridized carbons (Fsp3) is 0.204. The number of aliphatic imine (C=N–C) groups is 1. The van der Waals surface area contributed by atoms with Gasteiger partial charge in [0, 0.05) is 48.4 Å². The zero-order valence-corrected chi connectivity index (χ0v) is 32.8. The van der Waals surface area contributed by atoms with Crippen LogP contribution < -0.4 is 10.6 Å². The van der Waals surface area contributed by atoms with Gasteiger partial charge in [0.2, 0.25) is 0 Å². The Kier molecular flexibility index (Phi) is 14.9. The van der Waals surface area contributed by atoms with E-state index in [4.69, 9.17) is 20.8 Å². The molecule has 4 atom stereocenters. The van der Waals surface area contributed by atoms with Crippen LogP contribution in [-0.2, 0) is 0 Å². The fourth-order valence-corrected chi connectivity index (χ4v) is 6.44. The van der Waals surface area contributed by atoms with Gasteiger partial charge in [0.25, 0.3) is 0 Å². The third-order valence-corrected chi connectivity index (χ3v) is 9.54. The highest BCUT2D eigenvalue weighted by molar-refractivity contribution is 5.95. The lowest BCUT2D eigenvalue weighted by molar-refractivity contribution is 0.426. The Bertz CT molecular complexity index is 2180. The van der Waals surface area contributed by atoms with Gasteiger partial charge >= 0.3 is 0 Å². The van der Waals surface area contributed by atoms with E-state index in [1.54, 1.807) is 30.9 Å². The number of hydrogen-bond donors (Lipinski definition) is 4. The number of fused-ring (bicyclic) bond motifs is 1. The molecule has 0 fully saturated rings. The van der Waals surface area contributed by atoms with Gasteiger partial charge in [0.1, 0.15) is 12.0 Å². The number of nitrogens with one attached hydrogen (secondary N) is 4. The highest BCUT2D eigenvalue weighted by Crippen LogP contribution is 2.35. The predicted octanol–water partition coefficient (Wildman–Crippen LogP) is 11.3. The molecule has 284 valence electrons. The van der Waals surface area contributed by atoms with Crippen molar-refractivity contribution >= 4 is 36.0 Å². The SMILES string of the molecule is C=C/C=C(\C=C\c1cccc(-c2ccc3c(c2)C=CC(C=N)C3NC(C)CC=C(C)C)c1)c1cccc(/C=N/C(NC(=N)C(=C)CCC=C)c2ccncc2)n1. The number of nitrogens with zero attached hydrogens (tertiary/aromatic N) is 3. The number of pyridine rings is 2. The van der Waals surface area contributed by atoms with Crippen molar-refractivity contribution in [3.63, 3.8) is 0 Å². The first kappa shape index (κ1) is 40.9. The molecular formula is C49H53N7.